The number of nitrogens with one attached hydrogen (secondary N) is 1. The van der Waals surface area contributed by atoms with Crippen LogP contribution in [0.1, 0.15) is 17.4 Å². The van der Waals surface area contributed by atoms with E-state index in [1.807, 2.05) is 6.07 Å². The first-order valence-corrected chi connectivity index (χ1v) is 8.19. The molecule has 1 amide bonds. The molecule has 0 bridgehead atoms. The fourth-order valence-corrected chi connectivity index (χ4v) is 3.59. The summed E-state index contributed by atoms with van der Waals surface area (Å²) in [6, 6.07) is 3.57. The third kappa shape index (κ3) is 3.64. The van der Waals surface area contributed by atoms with Crippen molar-refractivity contribution in [3.05, 3.63) is 27.5 Å². The maximum atomic E-state index is 12.2. The first-order chi connectivity index (χ1) is 10.4. The molecular formula is C13H13ClN2O4S2. The van der Waals surface area contributed by atoms with E-state index < -0.39 is 17.4 Å². The number of thiophene rings is 1. The van der Waals surface area contributed by atoms with Gasteiger partial charge in [0.1, 0.15) is 10.7 Å². The molecule has 2 rings (SSSR count). The minimum absolute atomic E-state index is 0.147. The minimum Gasteiger partial charge on any atom is -0.479 e. The van der Waals surface area contributed by atoms with E-state index in [1.165, 1.54) is 36.7 Å². The average molecular weight is 361 g/mol. The van der Waals surface area contributed by atoms with Crippen molar-refractivity contribution in [3.8, 4) is 9.88 Å². The normalized spacial score (nSPS) is 13.6. The molecule has 2 heterocycles. The Hall–Kier alpha value is -1.48. The van der Waals surface area contributed by atoms with Gasteiger partial charge in [-0.25, -0.2) is 9.78 Å². The molecule has 118 valence electrons. The zero-order valence-electron chi connectivity index (χ0n) is 11.8. The lowest BCUT2D eigenvalue weighted by Gasteiger charge is -2.24. The van der Waals surface area contributed by atoms with Crippen molar-refractivity contribution >= 4 is 46.2 Å². The van der Waals surface area contributed by atoms with Gasteiger partial charge in [-0.15, -0.1) is 22.7 Å². The van der Waals surface area contributed by atoms with Crippen molar-refractivity contribution in [3.63, 3.8) is 0 Å². The Labute approximate surface area is 139 Å². The maximum Gasteiger partial charge on any atom is 0.331 e. The number of rotatable bonds is 6. The number of amides is 1. The summed E-state index contributed by atoms with van der Waals surface area (Å²) in [4.78, 5) is 28.5. The summed E-state index contributed by atoms with van der Waals surface area (Å²) in [6.07, 6.45) is 0. The maximum absolute atomic E-state index is 12.2. The van der Waals surface area contributed by atoms with E-state index in [1.54, 1.807) is 11.4 Å². The molecule has 0 aromatic carbocycles. The van der Waals surface area contributed by atoms with E-state index in [0.717, 1.165) is 4.88 Å². The predicted molar refractivity (Wildman–Crippen MR) is 85.8 cm³/mol. The van der Waals surface area contributed by atoms with E-state index >= 15 is 0 Å². The van der Waals surface area contributed by atoms with Gasteiger partial charge in [0.05, 0.1) is 15.8 Å². The van der Waals surface area contributed by atoms with Crippen molar-refractivity contribution < 1.29 is 19.4 Å². The number of carbonyl (C=O) groups is 2. The van der Waals surface area contributed by atoms with Gasteiger partial charge in [0.15, 0.2) is 5.54 Å². The highest BCUT2D eigenvalue weighted by Gasteiger charge is 2.35. The molecule has 0 aliphatic rings. The summed E-state index contributed by atoms with van der Waals surface area (Å²) in [5.41, 5.74) is -1.35. The van der Waals surface area contributed by atoms with Crippen LogP contribution in [0.3, 0.4) is 0 Å². The van der Waals surface area contributed by atoms with Gasteiger partial charge >= 0.3 is 5.97 Å². The van der Waals surface area contributed by atoms with E-state index in [0.29, 0.717) is 9.34 Å². The Balaban J connectivity index is 2.16. The molecule has 2 aromatic heterocycles. The second-order valence-corrected chi connectivity index (χ2v) is 7.24. The average Bonchev–Trinajstić information content (AvgIpc) is 3.07. The molecule has 0 radical (unpaired) electrons. The van der Waals surface area contributed by atoms with Crippen LogP contribution in [-0.4, -0.2) is 41.2 Å². The van der Waals surface area contributed by atoms with Crippen LogP contribution in [0.2, 0.25) is 4.34 Å². The van der Waals surface area contributed by atoms with Crippen molar-refractivity contribution in [2.24, 2.45) is 0 Å². The van der Waals surface area contributed by atoms with Gasteiger partial charge in [-0.2, -0.15) is 0 Å². The van der Waals surface area contributed by atoms with Crippen LogP contribution < -0.4 is 5.32 Å². The third-order valence-electron chi connectivity index (χ3n) is 2.82. The number of nitrogens with zero attached hydrogens (tertiary/aromatic N) is 1. The monoisotopic (exact) mass is 360 g/mol. The van der Waals surface area contributed by atoms with Crippen LogP contribution in [-0.2, 0) is 9.53 Å². The first-order valence-electron chi connectivity index (χ1n) is 6.12. The van der Waals surface area contributed by atoms with E-state index in [9.17, 15) is 14.7 Å². The fraction of sp³-hybridized carbons (Fsp3) is 0.308. The van der Waals surface area contributed by atoms with Gasteiger partial charge in [0, 0.05) is 12.5 Å². The van der Waals surface area contributed by atoms with Crippen LogP contribution in [0, 0.1) is 0 Å². The molecule has 0 aliphatic heterocycles. The quantitative estimate of drug-likeness (QED) is 0.826. The Bertz CT molecular complexity index is 700. The zero-order chi connectivity index (χ0) is 16.3. The van der Waals surface area contributed by atoms with Gasteiger partial charge in [-0.05, 0) is 19.1 Å². The van der Waals surface area contributed by atoms with Gasteiger partial charge in [-0.1, -0.05) is 11.6 Å². The number of carbonyl (C=O) groups excluding carboxylic acids is 1. The van der Waals surface area contributed by atoms with Gasteiger partial charge in [0.25, 0.3) is 5.91 Å². The second kappa shape index (κ2) is 6.74. The molecular weight excluding hydrogens is 348 g/mol. The second-order valence-electron chi connectivity index (χ2n) is 4.67. The number of hydrogen-bond acceptors (Lipinski definition) is 6. The summed E-state index contributed by atoms with van der Waals surface area (Å²) in [5, 5.41) is 13.9. The highest BCUT2D eigenvalue weighted by molar-refractivity contribution is 7.23. The smallest absolute Gasteiger partial charge is 0.331 e. The molecule has 0 saturated carbocycles. The fourth-order valence-electron chi connectivity index (χ4n) is 1.68. The van der Waals surface area contributed by atoms with Crippen LogP contribution in [0.5, 0.6) is 0 Å². The first kappa shape index (κ1) is 16.9. The highest BCUT2D eigenvalue weighted by atomic mass is 35.5. The third-order valence-corrected chi connectivity index (χ3v) is 5.06. The van der Waals surface area contributed by atoms with Crippen LogP contribution in [0.15, 0.2) is 17.5 Å². The minimum atomic E-state index is -1.51. The van der Waals surface area contributed by atoms with Gasteiger partial charge < -0.3 is 15.2 Å². The number of ether oxygens (including phenoxy) is 1. The Morgan fingerprint density at radius 3 is 2.77 bits per heavy atom. The molecule has 2 aromatic rings. The van der Waals surface area contributed by atoms with Crippen molar-refractivity contribution in [2.75, 3.05) is 13.7 Å². The number of aliphatic carboxylic acids is 1. The number of hydrogen-bond donors (Lipinski definition) is 2. The molecule has 2 N–H and O–H groups in total. The Morgan fingerprint density at radius 1 is 1.50 bits per heavy atom. The summed E-state index contributed by atoms with van der Waals surface area (Å²) in [6.45, 7) is 1.23. The SMILES string of the molecule is COCC(C)(NC(=O)c1csc(-c2ccc(Cl)s2)n1)C(=O)O. The number of carboxylic acid groups (broad SMARTS) is 1. The number of thiazole rings is 1. The highest BCUT2D eigenvalue weighted by Crippen LogP contribution is 2.32. The largest absolute Gasteiger partial charge is 0.479 e. The van der Waals surface area contributed by atoms with E-state index in [-0.39, 0.29) is 12.3 Å². The van der Waals surface area contributed by atoms with Gasteiger partial charge in [0.2, 0.25) is 0 Å². The molecule has 0 spiro atoms. The van der Waals surface area contributed by atoms with Crippen molar-refractivity contribution in [2.45, 2.75) is 12.5 Å². The summed E-state index contributed by atoms with van der Waals surface area (Å²) in [7, 11) is 1.37. The molecule has 6 nitrogen and oxygen atoms in total. The molecule has 9 heteroatoms. The van der Waals surface area contributed by atoms with E-state index in [2.05, 4.69) is 10.3 Å². The van der Waals surface area contributed by atoms with Crippen molar-refractivity contribution in [1.29, 1.82) is 0 Å². The predicted octanol–water partition coefficient (Wildman–Crippen LogP) is 2.74. The molecule has 22 heavy (non-hydrogen) atoms. The standard InChI is InChI=1S/C13H13ClN2O4S2/c1-13(6-20-2,12(18)19)16-10(17)7-5-21-11(15-7)8-3-4-9(14)22-8/h3-5H,6H2,1-2H3,(H,16,17)(H,18,19). The van der Waals surface area contributed by atoms with Crippen LogP contribution >= 0.6 is 34.3 Å². The topological polar surface area (TPSA) is 88.5 Å². The summed E-state index contributed by atoms with van der Waals surface area (Å²) < 4.78 is 5.49. The Morgan fingerprint density at radius 2 is 2.23 bits per heavy atom. The lowest BCUT2D eigenvalue weighted by atomic mass is 10.0. The van der Waals surface area contributed by atoms with Crippen molar-refractivity contribution in [1.82, 2.24) is 10.3 Å². The summed E-state index contributed by atoms with van der Waals surface area (Å²) >= 11 is 8.53. The molecule has 1 unspecified atom stereocenters. The van der Waals surface area contributed by atoms with Gasteiger partial charge in [-0.3, -0.25) is 4.79 Å². The molecule has 0 aliphatic carbocycles. The number of carboxylic acids is 1. The number of halogens is 1. The zero-order valence-corrected chi connectivity index (χ0v) is 14.1. The number of aromatic nitrogens is 1. The van der Waals surface area contributed by atoms with Crippen LogP contribution in [0.4, 0.5) is 0 Å². The Kier molecular flexibility index (Phi) is 5.17. The molecule has 0 fully saturated rings. The molecule has 1 atom stereocenters. The van der Waals surface area contributed by atoms with Crippen LogP contribution in [0.25, 0.3) is 9.88 Å². The number of methoxy groups -OCH3 is 1. The summed E-state index contributed by atoms with van der Waals surface area (Å²) in [5.74, 6) is -1.74. The van der Waals surface area contributed by atoms with E-state index in [4.69, 9.17) is 16.3 Å². The lowest BCUT2D eigenvalue weighted by molar-refractivity contribution is -0.145. The molecule has 0 saturated heterocycles. The lowest BCUT2D eigenvalue weighted by Crippen LogP contribution is -2.55.